The van der Waals surface area contributed by atoms with Crippen LogP contribution in [0.25, 0.3) is 22.5 Å². The largest absolute Gasteiger partial charge is 3.00 e. The SMILES string of the molecule is FC(F)(F)c1c[c-]c(-c2ccccn2)cc1.FC(F)(F)c1c[c-]c(-c2ccccn2)cc1.FC(F)(F)c1c[c-]ccc1.[Ir+3].c1ccncc1. The third-order valence-electron chi connectivity index (χ3n) is 5.76. The molecule has 3 heterocycles. The molecule has 0 bridgehead atoms. The first-order chi connectivity index (χ1) is 22.7. The smallest absolute Gasteiger partial charge is 0.305 e. The van der Waals surface area contributed by atoms with Gasteiger partial charge in [0.25, 0.3) is 0 Å². The van der Waals surface area contributed by atoms with Crippen molar-refractivity contribution in [2.45, 2.75) is 18.5 Å². The quantitative estimate of drug-likeness (QED) is 0.129. The Bertz CT molecular complexity index is 1610. The summed E-state index contributed by atoms with van der Waals surface area (Å²) in [6.45, 7) is 0. The van der Waals surface area contributed by atoms with E-state index >= 15 is 0 Å². The minimum Gasteiger partial charge on any atom is -0.305 e. The van der Waals surface area contributed by atoms with Crippen LogP contribution >= 0.6 is 0 Å². The Morgan fingerprint density at radius 3 is 1.10 bits per heavy atom. The van der Waals surface area contributed by atoms with Crippen molar-refractivity contribution in [2.75, 3.05) is 0 Å². The first kappa shape index (κ1) is 40.3. The fourth-order valence-corrected chi connectivity index (χ4v) is 3.45. The average Bonchev–Trinajstić information content (AvgIpc) is 3.10. The van der Waals surface area contributed by atoms with Crippen LogP contribution in [0.4, 0.5) is 39.5 Å². The van der Waals surface area contributed by atoms with Crippen molar-refractivity contribution in [3.05, 3.63) is 175 Å². The zero-order valence-electron chi connectivity index (χ0n) is 24.9. The van der Waals surface area contributed by atoms with Gasteiger partial charge in [0.1, 0.15) is 0 Å². The summed E-state index contributed by atoms with van der Waals surface area (Å²) in [7, 11) is 0. The van der Waals surface area contributed by atoms with E-state index in [1.165, 1.54) is 24.3 Å². The Labute approximate surface area is 289 Å². The molecule has 49 heavy (non-hydrogen) atoms. The second-order valence-electron chi connectivity index (χ2n) is 9.22. The normalized spacial score (nSPS) is 10.8. The zero-order chi connectivity index (χ0) is 35.0. The Balaban J connectivity index is 0.000000238. The van der Waals surface area contributed by atoms with Gasteiger partial charge in [0.2, 0.25) is 0 Å². The fourth-order valence-electron chi connectivity index (χ4n) is 3.45. The molecule has 6 aromatic rings. The maximum atomic E-state index is 12.3. The number of pyridine rings is 3. The second kappa shape index (κ2) is 19.2. The summed E-state index contributed by atoms with van der Waals surface area (Å²) in [5.41, 5.74) is 0.254. The van der Waals surface area contributed by atoms with E-state index in [2.05, 4.69) is 33.2 Å². The molecule has 6 rings (SSSR count). The maximum Gasteiger partial charge on any atom is 3.00 e. The van der Waals surface area contributed by atoms with Crippen LogP contribution in [-0.2, 0) is 38.6 Å². The molecule has 0 atom stereocenters. The van der Waals surface area contributed by atoms with Gasteiger partial charge < -0.3 is 9.97 Å². The molecule has 0 spiro atoms. The number of nitrogens with zero attached hydrogens (tertiary/aromatic N) is 3. The van der Waals surface area contributed by atoms with Gasteiger partial charge in [-0.15, -0.1) is 59.7 Å². The molecule has 0 N–H and O–H groups in total. The molecule has 3 aromatic heterocycles. The standard InChI is InChI=1S/2C12H7F3N.C7H4F3.C5H5N.Ir/c2*13-12(14,15)10-6-4-9(5-7-10)11-3-1-2-8-16-11;8-7(9,10)6-4-2-1-3-5-6;1-2-4-6-5-3-1;/h2*1-4,6-8H;1-2,4-5H;1-5H;/q3*-1;;+3. The summed E-state index contributed by atoms with van der Waals surface area (Å²) in [6, 6.07) is 35.0. The molecular weight excluding hydrogens is 838 g/mol. The van der Waals surface area contributed by atoms with Gasteiger partial charge in [0, 0.05) is 24.8 Å². The van der Waals surface area contributed by atoms with E-state index in [1.807, 2.05) is 18.2 Å². The van der Waals surface area contributed by atoms with Crippen LogP contribution in [0, 0.1) is 18.2 Å². The van der Waals surface area contributed by atoms with Crippen LogP contribution in [0.1, 0.15) is 16.7 Å². The average molecular weight is 861 g/mol. The van der Waals surface area contributed by atoms with Crippen molar-refractivity contribution < 1.29 is 59.6 Å². The Kier molecular flexibility index (Phi) is 15.8. The molecule has 0 saturated carbocycles. The van der Waals surface area contributed by atoms with E-state index in [0.29, 0.717) is 22.5 Å². The van der Waals surface area contributed by atoms with Crippen molar-refractivity contribution in [1.82, 2.24) is 15.0 Å². The van der Waals surface area contributed by atoms with Gasteiger partial charge in [-0.25, -0.2) is 0 Å². The molecule has 0 unspecified atom stereocenters. The number of halogens is 9. The number of hydrogen-bond donors (Lipinski definition) is 0. The molecule has 0 aliphatic heterocycles. The third-order valence-corrected chi connectivity index (χ3v) is 5.76. The van der Waals surface area contributed by atoms with E-state index in [1.54, 1.807) is 61.2 Å². The van der Waals surface area contributed by atoms with Gasteiger partial charge >= 0.3 is 38.6 Å². The predicted molar refractivity (Wildman–Crippen MR) is 162 cm³/mol. The molecule has 3 nitrogen and oxygen atoms in total. The molecule has 13 heteroatoms. The van der Waals surface area contributed by atoms with Crippen molar-refractivity contribution in [2.24, 2.45) is 0 Å². The molecule has 0 radical (unpaired) electrons. The molecular formula is C36H23F9IrN3. The third kappa shape index (κ3) is 14.4. The summed E-state index contributed by atoms with van der Waals surface area (Å²) < 4.78 is 109. The topological polar surface area (TPSA) is 38.7 Å². The van der Waals surface area contributed by atoms with E-state index < -0.39 is 35.2 Å². The van der Waals surface area contributed by atoms with Crippen LogP contribution in [0.5, 0.6) is 0 Å². The molecule has 0 aliphatic carbocycles. The van der Waals surface area contributed by atoms with Crippen LogP contribution in [-0.4, -0.2) is 15.0 Å². The first-order valence-electron chi connectivity index (χ1n) is 13.6. The van der Waals surface area contributed by atoms with Crippen LogP contribution in [0.3, 0.4) is 0 Å². The molecule has 0 fully saturated rings. The van der Waals surface area contributed by atoms with Crippen molar-refractivity contribution in [3.63, 3.8) is 0 Å². The Hall–Kier alpha value is -4.87. The van der Waals surface area contributed by atoms with Gasteiger partial charge in [0.15, 0.2) is 0 Å². The van der Waals surface area contributed by atoms with Crippen LogP contribution in [0.15, 0.2) is 140 Å². The van der Waals surface area contributed by atoms with Crippen LogP contribution in [0.2, 0.25) is 0 Å². The van der Waals surface area contributed by atoms with E-state index in [4.69, 9.17) is 0 Å². The first-order valence-corrected chi connectivity index (χ1v) is 13.6. The molecule has 254 valence electrons. The molecule has 0 aliphatic rings. The number of benzene rings is 3. The number of rotatable bonds is 2. The van der Waals surface area contributed by atoms with E-state index in [-0.39, 0.29) is 20.1 Å². The predicted octanol–water partition coefficient (Wildman–Crippen LogP) is 10.7. The summed E-state index contributed by atoms with van der Waals surface area (Å²) in [6.07, 6.45) is -6.21. The van der Waals surface area contributed by atoms with E-state index in [9.17, 15) is 39.5 Å². The fraction of sp³-hybridized carbons (Fsp3) is 0.0833. The van der Waals surface area contributed by atoms with Crippen molar-refractivity contribution in [1.29, 1.82) is 0 Å². The van der Waals surface area contributed by atoms with Gasteiger partial charge in [-0.2, -0.15) is 69.8 Å². The molecule has 0 amide bonds. The summed E-state index contributed by atoms with van der Waals surface area (Å²) in [5, 5.41) is 0. The van der Waals surface area contributed by atoms with E-state index in [0.717, 1.165) is 36.4 Å². The summed E-state index contributed by atoms with van der Waals surface area (Å²) in [4.78, 5) is 11.8. The number of hydrogen-bond acceptors (Lipinski definition) is 3. The van der Waals surface area contributed by atoms with Gasteiger partial charge in [-0.3, -0.25) is 4.98 Å². The minimum atomic E-state index is -4.32. The monoisotopic (exact) mass is 861 g/mol. The maximum absolute atomic E-state index is 12.3. The number of alkyl halides is 9. The minimum absolute atomic E-state index is 0. The van der Waals surface area contributed by atoms with Gasteiger partial charge in [-0.1, -0.05) is 35.9 Å². The Morgan fingerprint density at radius 1 is 0.429 bits per heavy atom. The number of aromatic nitrogens is 3. The van der Waals surface area contributed by atoms with Gasteiger partial charge in [-0.05, 0) is 46.8 Å². The molecule has 0 saturated heterocycles. The second-order valence-corrected chi connectivity index (χ2v) is 9.22. The van der Waals surface area contributed by atoms with Crippen molar-refractivity contribution in [3.8, 4) is 22.5 Å². The van der Waals surface area contributed by atoms with Crippen molar-refractivity contribution >= 4 is 0 Å². The zero-order valence-corrected chi connectivity index (χ0v) is 27.3. The summed E-state index contributed by atoms with van der Waals surface area (Å²) in [5.74, 6) is 0. The Morgan fingerprint density at radius 2 is 0.857 bits per heavy atom. The molecule has 3 aromatic carbocycles. The van der Waals surface area contributed by atoms with Gasteiger partial charge in [0.05, 0.1) is 0 Å². The van der Waals surface area contributed by atoms with Crippen LogP contribution < -0.4 is 0 Å². The summed E-state index contributed by atoms with van der Waals surface area (Å²) >= 11 is 0.